The molecule has 2 aromatic heterocycles. The Balaban J connectivity index is 1.32. The molecule has 4 aromatic rings. The van der Waals surface area contributed by atoms with Crippen molar-refractivity contribution in [1.82, 2.24) is 14.3 Å². The number of methoxy groups -OCH3 is 2. The van der Waals surface area contributed by atoms with Gasteiger partial charge in [0, 0.05) is 29.6 Å². The van der Waals surface area contributed by atoms with Crippen molar-refractivity contribution in [2.24, 2.45) is 0 Å². The highest BCUT2D eigenvalue weighted by atomic mass is 16.5. The van der Waals surface area contributed by atoms with Gasteiger partial charge in [-0.05, 0) is 67.8 Å². The van der Waals surface area contributed by atoms with Crippen molar-refractivity contribution in [3.8, 4) is 17.2 Å². The third-order valence-electron chi connectivity index (χ3n) is 6.19. The molecule has 0 N–H and O–H groups in total. The van der Waals surface area contributed by atoms with E-state index in [1.807, 2.05) is 77.1 Å². The smallest absolute Gasteiger partial charge is 0.254 e. The Bertz CT molecular complexity index is 1360. The number of hydrogen-bond donors (Lipinski definition) is 0. The molecule has 1 saturated carbocycles. The van der Waals surface area contributed by atoms with Gasteiger partial charge in [-0.3, -0.25) is 4.79 Å². The average Bonchev–Trinajstić information content (AvgIpc) is 3.64. The normalized spacial score (nSPS) is 13.0. The molecule has 0 radical (unpaired) electrons. The van der Waals surface area contributed by atoms with Crippen LogP contribution in [0.4, 0.5) is 0 Å². The van der Waals surface area contributed by atoms with Gasteiger partial charge in [-0.15, -0.1) is 0 Å². The predicted octanol–water partition coefficient (Wildman–Crippen LogP) is 5.04. The SMILES string of the molecule is COc1ccc(OC)c(CN(C(=O)c2cccc(OCc3cn4cc(C)ccc4n3)c2)C2CC2)c1. The summed E-state index contributed by atoms with van der Waals surface area (Å²) in [7, 11) is 3.27. The highest BCUT2D eigenvalue weighted by Gasteiger charge is 2.33. The molecule has 0 unspecified atom stereocenters. The summed E-state index contributed by atoms with van der Waals surface area (Å²) in [6, 6.07) is 17.3. The quantitative estimate of drug-likeness (QED) is 0.342. The van der Waals surface area contributed by atoms with E-state index in [1.54, 1.807) is 20.3 Å². The maximum atomic E-state index is 13.5. The van der Waals surface area contributed by atoms with Crippen LogP contribution in [-0.4, -0.2) is 40.5 Å². The van der Waals surface area contributed by atoms with Crippen LogP contribution >= 0.6 is 0 Å². The summed E-state index contributed by atoms with van der Waals surface area (Å²) >= 11 is 0. The maximum absolute atomic E-state index is 13.5. The van der Waals surface area contributed by atoms with Crippen LogP contribution in [0.3, 0.4) is 0 Å². The first-order valence-electron chi connectivity index (χ1n) is 11.7. The van der Waals surface area contributed by atoms with Crippen LogP contribution in [0, 0.1) is 6.92 Å². The second-order valence-corrected chi connectivity index (χ2v) is 8.86. The van der Waals surface area contributed by atoms with Gasteiger partial charge in [0.1, 0.15) is 29.5 Å². The lowest BCUT2D eigenvalue weighted by atomic mass is 10.1. The summed E-state index contributed by atoms with van der Waals surface area (Å²) < 4.78 is 18.9. The summed E-state index contributed by atoms with van der Waals surface area (Å²) in [5.74, 6) is 2.09. The monoisotopic (exact) mass is 471 g/mol. The first-order valence-corrected chi connectivity index (χ1v) is 11.7. The van der Waals surface area contributed by atoms with Crippen LogP contribution in [0.25, 0.3) is 5.65 Å². The Morgan fingerprint density at radius 1 is 1.03 bits per heavy atom. The van der Waals surface area contributed by atoms with Crippen molar-refractivity contribution in [2.75, 3.05) is 14.2 Å². The van der Waals surface area contributed by atoms with Gasteiger partial charge in [0.05, 0.1) is 26.5 Å². The summed E-state index contributed by atoms with van der Waals surface area (Å²) in [6.45, 7) is 2.83. The summed E-state index contributed by atoms with van der Waals surface area (Å²) in [5, 5.41) is 0. The van der Waals surface area contributed by atoms with Crippen molar-refractivity contribution < 1.29 is 19.0 Å². The lowest BCUT2D eigenvalue weighted by Crippen LogP contribution is -2.32. The van der Waals surface area contributed by atoms with E-state index in [0.717, 1.165) is 41.2 Å². The molecule has 180 valence electrons. The Labute approximate surface area is 204 Å². The maximum Gasteiger partial charge on any atom is 0.254 e. The van der Waals surface area contributed by atoms with Gasteiger partial charge in [-0.25, -0.2) is 4.98 Å². The zero-order valence-electron chi connectivity index (χ0n) is 20.2. The fourth-order valence-electron chi connectivity index (χ4n) is 4.21. The van der Waals surface area contributed by atoms with E-state index in [-0.39, 0.29) is 11.9 Å². The number of pyridine rings is 1. The third-order valence-corrected chi connectivity index (χ3v) is 6.19. The van der Waals surface area contributed by atoms with Gasteiger partial charge in [0.15, 0.2) is 0 Å². The molecule has 0 saturated heterocycles. The Hall–Kier alpha value is -4.00. The van der Waals surface area contributed by atoms with Crippen LogP contribution in [0.2, 0.25) is 0 Å². The van der Waals surface area contributed by atoms with Gasteiger partial charge >= 0.3 is 0 Å². The molecule has 5 rings (SSSR count). The van der Waals surface area contributed by atoms with Gasteiger partial charge in [0.25, 0.3) is 5.91 Å². The van der Waals surface area contributed by atoms with Crippen molar-refractivity contribution in [1.29, 1.82) is 0 Å². The number of fused-ring (bicyclic) bond motifs is 1. The van der Waals surface area contributed by atoms with E-state index >= 15 is 0 Å². The van der Waals surface area contributed by atoms with Crippen molar-refractivity contribution in [3.63, 3.8) is 0 Å². The van der Waals surface area contributed by atoms with Crippen LogP contribution in [0.1, 0.15) is 40.0 Å². The number of amides is 1. The second-order valence-electron chi connectivity index (χ2n) is 8.86. The number of rotatable bonds is 9. The molecular weight excluding hydrogens is 442 g/mol. The number of benzene rings is 2. The van der Waals surface area contributed by atoms with Crippen LogP contribution in [0.5, 0.6) is 17.2 Å². The molecule has 2 heterocycles. The van der Waals surface area contributed by atoms with E-state index in [2.05, 4.69) is 4.98 Å². The van der Waals surface area contributed by atoms with Gasteiger partial charge in [-0.1, -0.05) is 12.1 Å². The number of carbonyl (C=O) groups excluding carboxylic acids is 1. The average molecular weight is 472 g/mol. The summed E-state index contributed by atoms with van der Waals surface area (Å²) in [4.78, 5) is 20.1. The number of carbonyl (C=O) groups is 1. The fourth-order valence-corrected chi connectivity index (χ4v) is 4.21. The van der Waals surface area contributed by atoms with Crippen LogP contribution in [-0.2, 0) is 13.2 Å². The molecule has 0 bridgehead atoms. The number of aryl methyl sites for hydroxylation is 1. The minimum atomic E-state index is -0.0222. The molecule has 1 amide bonds. The topological polar surface area (TPSA) is 65.3 Å². The van der Waals surface area contributed by atoms with Gasteiger partial charge in [0.2, 0.25) is 0 Å². The van der Waals surface area contributed by atoms with Crippen LogP contribution in [0.15, 0.2) is 67.0 Å². The highest BCUT2D eigenvalue weighted by molar-refractivity contribution is 5.95. The first kappa shape index (κ1) is 22.8. The van der Waals surface area contributed by atoms with E-state index in [4.69, 9.17) is 14.2 Å². The van der Waals surface area contributed by atoms with Crippen molar-refractivity contribution in [2.45, 2.75) is 39.0 Å². The predicted molar refractivity (Wildman–Crippen MR) is 133 cm³/mol. The molecular formula is C28H29N3O4. The number of aromatic nitrogens is 2. The number of ether oxygens (including phenoxy) is 3. The molecule has 0 atom stereocenters. The summed E-state index contributed by atoms with van der Waals surface area (Å²) in [5.41, 5.74) is 4.40. The van der Waals surface area contributed by atoms with Crippen molar-refractivity contribution in [3.05, 3.63) is 89.4 Å². The fraction of sp³-hybridized carbons (Fsp3) is 0.286. The van der Waals surface area contributed by atoms with Crippen LogP contribution < -0.4 is 14.2 Å². The minimum absolute atomic E-state index is 0.0222. The molecule has 1 fully saturated rings. The molecule has 1 aliphatic carbocycles. The molecule has 0 aliphatic heterocycles. The lowest BCUT2D eigenvalue weighted by Gasteiger charge is -2.24. The zero-order chi connectivity index (χ0) is 24.4. The third kappa shape index (κ3) is 5.09. The van der Waals surface area contributed by atoms with E-state index < -0.39 is 0 Å². The highest BCUT2D eigenvalue weighted by Crippen LogP contribution is 2.33. The Kier molecular flexibility index (Phi) is 6.31. The number of hydrogen-bond acceptors (Lipinski definition) is 5. The molecule has 2 aromatic carbocycles. The Morgan fingerprint density at radius 2 is 1.89 bits per heavy atom. The summed E-state index contributed by atoms with van der Waals surface area (Å²) in [6.07, 6.45) is 6.01. The van der Waals surface area contributed by atoms with Gasteiger partial charge in [-0.2, -0.15) is 0 Å². The largest absolute Gasteiger partial charge is 0.497 e. The Morgan fingerprint density at radius 3 is 2.66 bits per heavy atom. The molecule has 7 nitrogen and oxygen atoms in total. The number of nitrogens with zero attached hydrogens (tertiary/aromatic N) is 3. The van der Waals surface area contributed by atoms with E-state index in [0.29, 0.717) is 24.5 Å². The van der Waals surface area contributed by atoms with Gasteiger partial charge < -0.3 is 23.5 Å². The molecule has 7 heteroatoms. The molecule has 1 aliphatic rings. The molecule has 0 spiro atoms. The van der Waals surface area contributed by atoms with Crippen molar-refractivity contribution >= 4 is 11.6 Å². The zero-order valence-corrected chi connectivity index (χ0v) is 20.2. The number of imidazole rings is 1. The first-order chi connectivity index (χ1) is 17.0. The second kappa shape index (κ2) is 9.70. The lowest BCUT2D eigenvalue weighted by molar-refractivity contribution is 0.0728. The minimum Gasteiger partial charge on any atom is -0.497 e. The standard InChI is InChI=1S/C28H29N3O4/c1-19-7-12-27-29-22(17-30(27)15-19)18-35-25-6-4-5-20(13-25)28(32)31(23-8-9-23)16-21-14-24(33-2)10-11-26(21)34-3/h4-7,10-15,17,23H,8-9,16,18H2,1-3H3. The van der Waals surface area contributed by atoms with E-state index in [9.17, 15) is 4.79 Å². The van der Waals surface area contributed by atoms with E-state index in [1.165, 1.54) is 5.56 Å². The molecule has 35 heavy (non-hydrogen) atoms.